The number of thioether (sulfide) groups is 1. The number of nitrogens with zero attached hydrogens (tertiary/aromatic N) is 5. The molecular formula is C24H31FN6O4S. The summed E-state index contributed by atoms with van der Waals surface area (Å²) in [5, 5.41) is 42.5. The fraction of sp³-hybridized carbons (Fsp3) is 0.583. The van der Waals surface area contributed by atoms with Gasteiger partial charge in [0.15, 0.2) is 22.1 Å². The molecule has 2 aliphatic rings. The van der Waals surface area contributed by atoms with Crippen molar-refractivity contribution in [1.29, 1.82) is 0 Å². The number of aliphatic hydroxyl groups is 3. The van der Waals surface area contributed by atoms with E-state index >= 15 is 0 Å². The van der Waals surface area contributed by atoms with Gasteiger partial charge >= 0.3 is 0 Å². The lowest BCUT2D eigenvalue weighted by molar-refractivity contribution is -0.0629. The lowest BCUT2D eigenvalue weighted by Gasteiger charge is -2.17. The van der Waals surface area contributed by atoms with Gasteiger partial charge in [0, 0.05) is 25.5 Å². The average Bonchev–Trinajstić information content (AvgIpc) is 3.24. The summed E-state index contributed by atoms with van der Waals surface area (Å²) >= 11 is 1.35. The molecule has 0 unspecified atom stereocenters. The highest BCUT2D eigenvalue weighted by molar-refractivity contribution is 7.99. The van der Waals surface area contributed by atoms with Gasteiger partial charge in [0.2, 0.25) is 0 Å². The molecule has 10 nitrogen and oxygen atoms in total. The average molecular weight is 525 g/mol. The summed E-state index contributed by atoms with van der Waals surface area (Å²) < 4.78 is 69.4. The van der Waals surface area contributed by atoms with E-state index in [0.29, 0.717) is 10.9 Å². The molecule has 0 radical (unpaired) electrons. The van der Waals surface area contributed by atoms with Crippen molar-refractivity contribution in [3.8, 4) is 0 Å². The molecule has 5 rings (SSSR count). The highest BCUT2D eigenvalue weighted by Gasteiger charge is 2.45. The van der Waals surface area contributed by atoms with E-state index in [0.717, 1.165) is 6.42 Å². The minimum atomic E-state index is -2.62. The normalized spacial score (nSPS) is 32.4. The van der Waals surface area contributed by atoms with Gasteiger partial charge in [0.05, 0.1) is 32.2 Å². The quantitative estimate of drug-likeness (QED) is 0.231. The molecule has 2 saturated carbocycles. The molecule has 3 aromatic rings. The molecule has 0 spiro atoms. The summed E-state index contributed by atoms with van der Waals surface area (Å²) in [5.74, 6) is -1.60. The maximum absolute atomic E-state index is 14.7. The lowest BCUT2D eigenvalue weighted by Crippen LogP contribution is -2.33. The van der Waals surface area contributed by atoms with E-state index in [9.17, 15) is 19.7 Å². The maximum atomic E-state index is 14.7. The second-order valence-corrected chi connectivity index (χ2v) is 9.88. The van der Waals surface area contributed by atoms with Crippen molar-refractivity contribution in [3.05, 3.63) is 35.1 Å². The summed E-state index contributed by atoms with van der Waals surface area (Å²) in [5.41, 5.74) is 0.116. The summed E-state index contributed by atoms with van der Waals surface area (Å²) in [6.07, 6.45) is -2.79. The third-order valence-corrected chi connectivity index (χ3v) is 7.32. The molecule has 0 saturated heterocycles. The number of fused-ring (bicyclic) bond motifs is 1. The number of ether oxygens (including phenoxy) is 1. The van der Waals surface area contributed by atoms with Gasteiger partial charge in [-0.05, 0) is 36.9 Å². The number of anilines is 1. The first-order chi connectivity index (χ1) is 19.7. The molecule has 194 valence electrons. The Bertz CT molecular complexity index is 1490. The molecule has 2 heterocycles. The zero-order valence-corrected chi connectivity index (χ0v) is 20.5. The van der Waals surface area contributed by atoms with E-state index in [1.165, 1.54) is 23.4 Å². The van der Waals surface area contributed by atoms with Crippen LogP contribution in [0.25, 0.3) is 11.2 Å². The summed E-state index contributed by atoms with van der Waals surface area (Å²) in [6.45, 7) is -0.0138. The zero-order chi connectivity index (χ0) is 30.7. The monoisotopic (exact) mass is 524 g/mol. The van der Waals surface area contributed by atoms with Gasteiger partial charge in [0.25, 0.3) is 0 Å². The van der Waals surface area contributed by atoms with Gasteiger partial charge in [-0.15, -0.1) is 5.10 Å². The van der Waals surface area contributed by atoms with Gasteiger partial charge < -0.3 is 25.4 Å². The van der Waals surface area contributed by atoms with E-state index in [1.54, 1.807) is 0 Å². The number of aliphatic hydroxyl groups excluding tert-OH is 2. The molecule has 0 aliphatic heterocycles. The molecule has 12 heteroatoms. The standard InChI is InChI=1S/C24H31FN6O4S/c1-3-8-36-24-27-22(26-16-10-14(16)13-5-4-12(2)15(25)9-13)19-23(28-24)31(30-29-19)17-11-18(35-7-6-32)21(34)20(17)33/h4-5,9,14,16-18,20-21,32-34H,3,6-8,10-11H2,1-2H3,(H,26,27,28)/t14-,16+,17+,18-,20-,21+/m0/s1/i4D,5D,6D2,9D,14D. The van der Waals surface area contributed by atoms with Gasteiger partial charge in [-0.2, -0.15) is 0 Å². The van der Waals surface area contributed by atoms with Crippen LogP contribution in [0.2, 0.25) is 0 Å². The second-order valence-electron chi connectivity index (χ2n) is 8.82. The molecule has 2 aliphatic carbocycles. The Hall–Kier alpha value is -2.38. The van der Waals surface area contributed by atoms with Gasteiger partial charge in [-0.3, -0.25) is 0 Å². The SMILES string of the molecule is [2H]c1c([2H])c([C@]2([2H])C[C@H]2Nc2nc(SCCC)nc3c2nnn3[C@@H]2C[C@H](OCC([2H])([2H])O)[C@@H](O)[C@H]2O)c([2H])c(F)c1C. The molecule has 2 fully saturated rings. The molecule has 1 aromatic carbocycles. The van der Waals surface area contributed by atoms with Gasteiger partial charge in [-0.25, -0.2) is 19.0 Å². The van der Waals surface area contributed by atoms with Crippen molar-refractivity contribution < 1.29 is 32.7 Å². The lowest BCUT2D eigenvalue weighted by atomic mass is 10.1. The highest BCUT2D eigenvalue weighted by atomic mass is 32.2. The Labute approximate surface area is 220 Å². The molecule has 0 amide bonds. The van der Waals surface area contributed by atoms with Gasteiger partial charge in [0.1, 0.15) is 18.0 Å². The maximum Gasteiger partial charge on any atom is 0.191 e. The number of aromatic nitrogens is 5. The fourth-order valence-corrected chi connectivity index (χ4v) is 4.95. The Balaban J connectivity index is 1.47. The Morgan fingerprint density at radius 2 is 2.17 bits per heavy atom. The number of benzene rings is 1. The molecular weight excluding hydrogens is 487 g/mol. The van der Waals surface area contributed by atoms with Crippen molar-refractivity contribution in [3.63, 3.8) is 0 Å². The van der Waals surface area contributed by atoms with Crippen LogP contribution in [-0.2, 0) is 4.74 Å². The van der Waals surface area contributed by atoms with Crippen molar-refractivity contribution in [1.82, 2.24) is 25.0 Å². The predicted molar refractivity (Wildman–Crippen MR) is 133 cm³/mol. The largest absolute Gasteiger partial charge is 0.394 e. The summed E-state index contributed by atoms with van der Waals surface area (Å²) in [7, 11) is 0. The smallest absolute Gasteiger partial charge is 0.191 e. The first-order valence-electron chi connectivity index (χ1n) is 14.7. The van der Waals surface area contributed by atoms with Crippen molar-refractivity contribution in [2.75, 3.05) is 24.2 Å². The van der Waals surface area contributed by atoms with Crippen LogP contribution in [0.15, 0.2) is 23.3 Å². The van der Waals surface area contributed by atoms with Gasteiger partial charge in [-0.1, -0.05) is 36.0 Å². The van der Waals surface area contributed by atoms with Crippen LogP contribution in [0.1, 0.15) is 57.5 Å². The van der Waals surface area contributed by atoms with Crippen LogP contribution in [0.3, 0.4) is 0 Å². The van der Waals surface area contributed by atoms with Crippen LogP contribution in [0.4, 0.5) is 10.2 Å². The Morgan fingerprint density at radius 3 is 2.94 bits per heavy atom. The number of hydrogen-bond donors (Lipinski definition) is 4. The van der Waals surface area contributed by atoms with E-state index in [-0.39, 0.29) is 53.0 Å². The molecule has 0 bridgehead atoms. The number of rotatable bonds is 10. The molecule has 6 atom stereocenters. The topological polar surface area (TPSA) is 138 Å². The van der Waals surface area contributed by atoms with E-state index in [4.69, 9.17) is 13.0 Å². The van der Waals surface area contributed by atoms with Crippen molar-refractivity contribution in [2.45, 2.75) is 74.6 Å². The van der Waals surface area contributed by atoms with Crippen LogP contribution < -0.4 is 5.32 Å². The summed E-state index contributed by atoms with van der Waals surface area (Å²) in [6, 6.07) is -2.85. The highest BCUT2D eigenvalue weighted by Crippen LogP contribution is 2.44. The minimum absolute atomic E-state index is 0.0204. The molecule has 2 aromatic heterocycles. The van der Waals surface area contributed by atoms with Crippen molar-refractivity contribution in [2.24, 2.45) is 0 Å². The third kappa shape index (κ3) is 4.92. The van der Waals surface area contributed by atoms with Crippen LogP contribution in [0, 0.1) is 12.7 Å². The van der Waals surface area contributed by atoms with Crippen LogP contribution in [-0.4, -0.2) is 83.6 Å². The first-order valence-corrected chi connectivity index (χ1v) is 12.6. The minimum Gasteiger partial charge on any atom is -0.394 e. The Kier molecular flexibility index (Phi) is 5.51. The summed E-state index contributed by atoms with van der Waals surface area (Å²) in [4.78, 5) is 9.11. The van der Waals surface area contributed by atoms with Crippen LogP contribution >= 0.6 is 11.8 Å². The second kappa shape index (κ2) is 10.5. The van der Waals surface area contributed by atoms with Crippen molar-refractivity contribution >= 4 is 28.7 Å². The number of hydrogen-bond acceptors (Lipinski definition) is 10. The zero-order valence-electron chi connectivity index (χ0n) is 25.7. The van der Waals surface area contributed by atoms with E-state index in [2.05, 4.69) is 25.6 Å². The number of halogens is 1. The third-order valence-electron chi connectivity index (χ3n) is 6.27. The Morgan fingerprint density at radius 1 is 1.33 bits per heavy atom. The molecule has 4 N–H and O–H groups in total. The predicted octanol–water partition coefficient (Wildman–Crippen LogP) is 2.18. The first kappa shape index (κ1) is 18.8. The van der Waals surface area contributed by atoms with Crippen LogP contribution in [0.5, 0.6) is 0 Å². The van der Waals surface area contributed by atoms with E-state index < -0.39 is 61.3 Å². The number of nitrogens with one attached hydrogen (secondary N) is 1. The molecule has 36 heavy (non-hydrogen) atoms. The van der Waals surface area contributed by atoms with E-state index in [1.807, 2.05) is 6.92 Å². The fourth-order valence-electron chi connectivity index (χ4n) is 4.26.